The highest BCUT2D eigenvalue weighted by Gasteiger charge is 2.11. The zero-order valence-corrected chi connectivity index (χ0v) is 8.85. The number of carbonyl (C=O) groups excluding carboxylic acids is 1. The quantitative estimate of drug-likeness (QED) is 0.328. The van der Waals surface area contributed by atoms with Crippen molar-refractivity contribution in [2.75, 3.05) is 14.2 Å². The number of ether oxygens (including phenoxy) is 2. The van der Waals surface area contributed by atoms with E-state index in [-0.39, 0.29) is 17.6 Å². The van der Waals surface area contributed by atoms with Gasteiger partial charge < -0.3 is 14.6 Å². The fourth-order valence-corrected chi connectivity index (χ4v) is 0.816. The number of rotatable bonds is 4. The average molecular weight is 222 g/mol. The van der Waals surface area contributed by atoms with Crippen molar-refractivity contribution in [3.63, 3.8) is 0 Å². The Kier molecular flexibility index (Phi) is 5.84. The van der Waals surface area contributed by atoms with Gasteiger partial charge in [0.25, 0.3) is 5.95 Å². The van der Waals surface area contributed by atoms with E-state index in [2.05, 4.69) is 9.47 Å². The van der Waals surface area contributed by atoms with Crippen molar-refractivity contribution < 1.29 is 19.4 Å². The van der Waals surface area contributed by atoms with Gasteiger partial charge >= 0.3 is 5.97 Å². The largest absolute Gasteiger partial charge is 0.481 e. The van der Waals surface area contributed by atoms with Crippen LogP contribution in [0.3, 0.4) is 0 Å². The molecule has 16 heavy (non-hydrogen) atoms. The van der Waals surface area contributed by atoms with Crippen LogP contribution in [0.25, 0.3) is 0 Å². The van der Waals surface area contributed by atoms with Crippen LogP contribution in [-0.4, -0.2) is 25.3 Å². The molecule has 0 radical (unpaired) electrons. The number of methoxy groups -OCH3 is 2. The monoisotopic (exact) mass is 222 g/mol. The van der Waals surface area contributed by atoms with E-state index in [0.29, 0.717) is 0 Å². The normalized spacial score (nSPS) is 9.62. The Balaban J connectivity index is 5.25. The maximum atomic E-state index is 11.0. The fourth-order valence-electron chi connectivity index (χ4n) is 0.816. The predicted octanol–water partition coefficient (Wildman–Crippen LogP) is 0.939. The Morgan fingerprint density at radius 3 is 2.25 bits per heavy atom. The van der Waals surface area contributed by atoms with Crippen LogP contribution in [0.5, 0.6) is 0 Å². The number of aliphatic hydroxyl groups excluding tert-OH is 1. The summed E-state index contributed by atoms with van der Waals surface area (Å²) in [4.78, 5) is 11.0. The molecule has 84 valence electrons. The number of aliphatic hydroxyl groups is 1. The standard InChI is InChI=1S/C10H10N2O4/c1-15-9(13)3-7(4-10(14)16-2)8(5-11)6-12/h3,13H,4H2,1-2H3/b9-3+. The van der Waals surface area contributed by atoms with E-state index >= 15 is 0 Å². The fraction of sp³-hybridized carbons (Fsp3) is 0.300. The third-order valence-electron chi connectivity index (χ3n) is 1.61. The Bertz CT molecular complexity index is 394. The van der Waals surface area contributed by atoms with E-state index in [0.717, 1.165) is 6.08 Å². The summed E-state index contributed by atoms with van der Waals surface area (Å²) < 4.78 is 8.84. The topological polar surface area (TPSA) is 103 Å². The van der Waals surface area contributed by atoms with Crippen LogP contribution >= 0.6 is 0 Å². The summed E-state index contributed by atoms with van der Waals surface area (Å²) in [7, 11) is 2.39. The Morgan fingerprint density at radius 1 is 1.31 bits per heavy atom. The number of hydrogen-bond donors (Lipinski definition) is 1. The molecule has 0 unspecified atom stereocenters. The highest BCUT2D eigenvalue weighted by molar-refractivity contribution is 5.74. The van der Waals surface area contributed by atoms with Crippen LogP contribution in [0.4, 0.5) is 0 Å². The van der Waals surface area contributed by atoms with Gasteiger partial charge in [-0.15, -0.1) is 0 Å². The third-order valence-corrected chi connectivity index (χ3v) is 1.61. The Morgan fingerprint density at radius 2 is 1.88 bits per heavy atom. The SMILES string of the molecule is COC(=O)CC(/C=C(\O)OC)=C(C#N)C#N. The van der Waals surface area contributed by atoms with Crippen LogP contribution in [0.2, 0.25) is 0 Å². The lowest BCUT2D eigenvalue weighted by Crippen LogP contribution is -2.03. The smallest absolute Gasteiger partial charge is 0.310 e. The summed E-state index contributed by atoms with van der Waals surface area (Å²) in [5, 5.41) is 26.4. The number of esters is 1. The zero-order chi connectivity index (χ0) is 12.6. The van der Waals surface area contributed by atoms with Gasteiger partial charge in [-0.1, -0.05) is 0 Å². The molecular formula is C10H10N2O4. The summed E-state index contributed by atoms with van der Waals surface area (Å²) in [5.41, 5.74) is -0.245. The maximum Gasteiger partial charge on any atom is 0.310 e. The number of nitrogens with zero attached hydrogens (tertiary/aromatic N) is 2. The molecule has 0 saturated heterocycles. The molecule has 6 nitrogen and oxygen atoms in total. The molecule has 0 saturated carbocycles. The molecule has 0 aliphatic rings. The highest BCUT2D eigenvalue weighted by Crippen LogP contribution is 2.12. The van der Waals surface area contributed by atoms with E-state index in [1.54, 1.807) is 12.1 Å². The molecule has 0 rings (SSSR count). The van der Waals surface area contributed by atoms with Crippen LogP contribution < -0.4 is 0 Å². The molecule has 0 aliphatic heterocycles. The summed E-state index contributed by atoms with van der Waals surface area (Å²) >= 11 is 0. The number of carbonyl (C=O) groups is 1. The van der Waals surface area contributed by atoms with Crippen molar-refractivity contribution in [2.24, 2.45) is 0 Å². The molecule has 0 aromatic carbocycles. The van der Waals surface area contributed by atoms with Gasteiger partial charge in [-0.05, 0) is 5.57 Å². The van der Waals surface area contributed by atoms with Crippen molar-refractivity contribution in [2.45, 2.75) is 6.42 Å². The number of hydrogen-bond acceptors (Lipinski definition) is 6. The molecule has 0 aromatic heterocycles. The molecule has 0 fully saturated rings. The summed E-state index contributed by atoms with van der Waals surface area (Å²) in [6.45, 7) is 0. The first-order chi connectivity index (χ1) is 7.58. The van der Waals surface area contributed by atoms with E-state index in [4.69, 9.17) is 15.6 Å². The molecule has 0 heterocycles. The molecule has 0 amide bonds. The maximum absolute atomic E-state index is 11.0. The molecule has 0 aliphatic carbocycles. The second-order valence-corrected chi connectivity index (χ2v) is 2.56. The van der Waals surface area contributed by atoms with Gasteiger partial charge in [-0.3, -0.25) is 4.79 Å². The van der Waals surface area contributed by atoms with Crippen LogP contribution in [0.15, 0.2) is 23.2 Å². The summed E-state index contributed by atoms with van der Waals surface area (Å²) in [6, 6.07) is 3.22. The van der Waals surface area contributed by atoms with Crippen LogP contribution in [0, 0.1) is 22.7 Å². The Labute approximate surface area is 92.6 Å². The predicted molar refractivity (Wildman–Crippen MR) is 52.6 cm³/mol. The number of nitriles is 2. The molecular weight excluding hydrogens is 212 g/mol. The minimum Gasteiger partial charge on any atom is -0.481 e. The van der Waals surface area contributed by atoms with Crippen LogP contribution in [0.1, 0.15) is 6.42 Å². The van der Waals surface area contributed by atoms with Crippen LogP contribution in [-0.2, 0) is 14.3 Å². The summed E-state index contributed by atoms with van der Waals surface area (Å²) in [5.74, 6) is -1.12. The molecule has 0 aromatic rings. The van der Waals surface area contributed by atoms with Gasteiger partial charge in [0, 0.05) is 6.08 Å². The first-order valence-electron chi connectivity index (χ1n) is 4.13. The van der Waals surface area contributed by atoms with E-state index in [1.165, 1.54) is 14.2 Å². The zero-order valence-electron chi connectivity index (χ0n) is 8.85. The minimum absolute atomic E-state index is 0.0381. The second kappa shape index (κ2) is 6.91. The summed E-state index contributed by atoms with van der Waals surface area (Å²) in [6.07, 6.45) is 0.735. The Hall–Kier alpha value is -2.47. The number of allylic oxidation sites excluding steroid dienone is 2. The van der Waals surface area contributed by atoms with Crippen molar-refractivity contribution in [1.29, 1.82) is 10.5 Å². The average Bonchev–Trinajstić information content (AvgIpc) is 2.29. The second-order valence-electron chi connectivity index (χ2n) is 2.56. The van der Waals surface area contributed by atoms with Gasteiger partial charge in [0.2, 0.25) is 0 Å². The molecule has 0 spiro atoms. The van der Waals surface area contributed by atoms with Gasteiger partial charge in [0.05, 0.1) is 20.6 Å². The third kappa shape index (κ3) is 4.16. The van der Waals surface area contributed by atoms with Gasteiger partial charge in [0.15, 0.2) is 0 Å². The minimum atomic E-state index is -0.627. The van der Waals surface area contributed by atoms with Crippen molar-refractivity contribution in [3.8, 4) is 12.1 Å². The molecule has 0 atom stereocenters. The van der Waals surface area contributed by atoms with Gasteiger partial charge in [-0.2, -0.15) is 10.5 Å². The lowest BCUT2D eigenvalue weighted by molar-refractivity contribution is -0.139. The lowest BCUT2D eigenvalue weighted by Gasteiger charge is -2.02. The van der Waals surface area contributed by atoms with E-state index < -0.39 is 11.9 Å². The molecule has 1 N–H and O–H groups in total. The lowest BCUT2D eigenvalue weighted by atomic mass is 10.1. The van der Waals surface area contributed by atoms with Crippen molar-refractivity contribution in [3.05, 3.63) is 23.2 Å². The first kappa shape index (κ1) is 13.5. The van der Waals surface area contributed by atoms with Gasteiger partial charge in [0.1, 0.15) is 17.7 Å². The highest BCUT2D eigenvalue weighted by atomic mass is 16.6. The van der Waals surface area contributed by atoms with E-state index in [1.807, 2.05) is 0 Å². The van der Waals surface area contributed by atoms with Crippen molar-refractivity contribution >= 4 is 5.97 Å². The molecule has 6 heteroatoms. The van der Waals surface area contributed by atoms with Gasteiger partial charge in [-0.25, -0.2) is 0 Å². The molecule has 0 bridgehead atoms. The van der Waals surface area contributed by atoms with Crippen molar-refractivity contribution in [1.82, 2.24) is 0 Å². The first-order valence-corrected chi connectivity index (χ1v) is 4.13. The van der Waals surface area contributed by atoms with E-state index in [9.17, 15) is 4.79 Å².